The Hall–Kier alpha value is -1.33. The van der Waals surface area contributed by atoms with Crippen LogP contribution in [0.25, 0.3) is 10.9 Å². The largest absolute Gasteiger partial charge is 0.346 e. The fourth-order valence-corrected chi connectivity index (χ4v) is 5.17. The maximum atomic E-state index is 11.6. The van der Waals surface area contributed by atoms with Crippen molar-refractivity contribution in [3.8, 4) is 0 Å². The fourth-order valence-electron chi connectivity index (χ4n) is 4.05. The third kappa shape index (κ3) is 3.52. The molecule has 0 radical (unpaired) electrons. The molecule has 1 aliphatic carbocycles. The molecule has 0 atom stereocenters. The molecular formula is C19H28N2O2S. The maximum Gasteiger partial charge on any atom is 0.150 e. The Kier molecular flexibility index (Phi) is 5.02. The summed E-state index contributed by atoms with van der Waals surface area (Å²) in [5, 5.41) is 4.81. The molecule has 1 aromatic heterocycles. The van der Waals surface area contributed by atoms with E-state index in [9.17, 15) is 8.42 Å². The molecule has 5 heteroatoms. The molecule has 0 unspecified atom stereocenters. The number of rotatable bonds is 5. The standard InChI is InChI=1S/C19H28N2O2S/c1-14-17-6-4-5-7-18(17)21(2)19(14)13-20-12-15-8-10-16(11-9-15)24(3,22)23/h4-7,15-16,20H,8-13H2,1-3H3. The van der Waals surface area contributed by atoms with Crippen LogP contribution in [0.3, 0.4) is 0 Å². The fraction of sp³-hybridized carbons (Fsp3) is 0.579. The predicted octanol–water partition coefficient (Wildman–Crippen LogP) is 3.18. The smallest absolute Gasteiger partial charge is 0.150 e. The number of fused-ring (bicyclic) bond motifs is 1. The van der Waals surface area contributed by atoms with Gasteiger partial charge in [0.15, 0.2) is 0 Å². The number of nitrogens with zero attached hydrogens (tertiary/aromatic N) is 1. The minimum atomic E-state index is -2.86. The van der Waals surface area contributed by atoms with Crippen molar-refractivity contribution in [2.24, 2.45) is 13.0 Å². The van der Waals surface area contributed by atoms with E-state index in [0.717, 1.165) is 38.8 Å². The number of sulfone groups is 1. The summed E-state index contributed by atoms with van der Waals surface area (Å²) >= 11 is 0. The average molecular weight is 349 g/mol. The molecule has 0 aliphatic heterocycles. The van der Waals surface area contributed by atoms with Gasteiger partial charge in [0.05, 0.1) is 5.25 Å². The molecule has 0 spiro atoms. The Morgan fingerprint density at radius 3 is 2.46 bits per heavy atom. The van der Waals surface area contributed by atoms with E-state index in [1.165, 1.54) is 28.4 Å². The highest BCUT2D eigenvalue weighted by molar-refractivity contribution is 7.91. The summed E-state index contributed by atoms with van der Waals surface area (Å²) in [6, 6.07) is 8.52. The van der Waals surface area contributed by atoms with Gasteiger partial charge in [-0.05, 0) is 56.7 Å². The Balaban J connectivity index is 1.56. The van der Waals surface area contributed by atoms with Gasteiger partial charge in [0.1, 0.15) is 9.84 Å². The maximum absolute atomic E-state index is 11.6. The molecule has 0 amide bonds. The van der Waals surface area contributed by atoms with E-state index in [0.29, 0.717) is 5.92 Å². The van der Waals surface area contributed by atoms with Gasteiger partial charge < -0.3 is 9.88 Å². The normalized spacial score (nSPS) is 22.1. The number of aryl methyl sites for hydroxylation is 2. The summed E-state index contributed by atoms with van der Waals surface area (Å²) in [4.78, 5) is 0. The van der Waals surface area contributed by atoms with Crippen LogP contribution in [0.4, 0.5) is 0 Å². The van der Waals surface area contributed by atoms with Crippen LogP contribution in [-0.2, 0) is 23.4 Å². The van der Waals surface area contributed by atoms with E-state index in [-0.39, 0.29) is 5.25 Å². The van der Waals surface area contributed by atoms with Gasteiger partial charge in [-0.3, -0.25) is 0 Å². The van der Waals surface area contributed by atoms with Crippen LogP contribution >= 0.6 is 0 Å². The molecule has 1 aromatic carbocycles. The molecule has 3 rings (SSSR count). The van der Waals surface area contributed by atoms with Crippen molar-refractivity contribution in [1.29, 1.82) is 0 Å². The molecule has 1 N–H and O–H groups in total. The molecule has 1 heterocycles. The highest BCUT2D eigenvalue weighted by Crippen LogP contribution is 2.28. The Labute approximate surface area is 145 Å². The van der Waals surface area contributed by atoms with E-state index >= 15 is 0 Å². The Morgan fingerprint density at radius 2 is 1.83 bits per heavy atom. The van der Waals surface area contributed by atoms with E-state index in [1.54, 1.807) is 0 Å². The van der Waals surface area contributed by atoms with E-state index in [4.69, 9.17) is 0 Å². The molecule has 1 aliphatic rings. The molecule has 0 saturated heterocycles. The second kappa shape index (κ2) is 6.89. The zero-order valence-electron chi connectivity index (χ0n) is 14.9. The van der Waals surface area contributed by atoms with Crippen molar-refractivity contribution in [2.75, 3.05) is 12.8 Å². The summed E-state index contributed by atoms with van der Waals surface area (Å²) in [5.41, 5.74) is 3.96. The van der Waals surface area contributed by atoms with Gasteiger partial charge >= 0.3 is 0 Å². The lowest BCUT2D eigenvalue weighted by atomic mass is 9.89. The number of hydrogen-bond donors (Lipinski definition) is 1. The van der Waals surface area contributed by atoms with Gasteiger partial charge in [0, 0.05) is 36.4 Å². The number of para-hydroxylation sites is 1. The minimum absolute atomic E-state index is 0.117. The van der Waals surface area contributed by atoms with Crippen LogP contribution in [0.2, 0.25) is 0 Å². The lowest BCUT2D eigenvalue weighted by Crippen LogP contribution is -2.31. The lowest BCUT2D eigenvalue weighted by Gasteiger charge is -2.27. The summed E-state index contributed by atoms with van der Waals surface area (Å²) < 4.78 is 25.5. The first-order valence-electron chi connectivity index (χ1n) is 8.80. The molecule has 1 fully saturated rings. The van der Waals surface area contributed by atoms with Gasteiger partial charge in [0.2, 0.25) is 0 Å². The molecule has 132 valence electrons. The molecule has 0 bridgehead atoms. The van der Waals surface area contributed by atoms with Crippen molar-refractivity contribution >= 4 is 20.7 Å². The van der Waals surface area contributed by atoms with E-state index in [1.807, 2.05) is 0 Å². The van der Waals surface area contributed by atoms with Gasteiger partial charge in [-0.1, -0.05) is 18.2 Å². The van der Waals surface area contributed by atoms with Crippen molar-refractivity contribution in [3.05, 3.63) is 35.5 Å². The molecule has 4 nitrogen and oxygen atoms in total. The van der Waals surface area contributed by atoms with Crippen molar-refractivity contribution in [2.45, 2.75) is 44.4 Å². The zero-order valence-corrected chi connectivity index (χ0v) is 15.7. The van der Waals surface area contributed by atoms with Crippen LogP contribution in [0.1, 0.15) is 36.9 Å². The van der Waals surface area contributed by atoms with Gasteiger partial charge in [-0.25, -0.2) is 8.42 Å². The SMILES string of the molecule is Cc1c(CNCC2CCC(S(C)(=O)=O)CC2)n(C)c2ccccc12. The second-order valence-electron chi connectivity index (χ2n) is 7.25. The van der Waals surface area contributed by atoms with Crippen LogP contribution in [-0.4, -0.2) is 31.0 Å². The van der Waals surface area contributed by atoms with Crippen molar-refractivity contribution in [3.63, 3.8) is 0 Å². The topological polar surface area (TPSA) is 51.1 Å². The monoisotopic (exact) mass is 348 g/mol. The summed E-state index contributed by atoms with van der Waals surface area (Å²) in [7, 11) is -0.734. The third-order valence-corrected chi connectivity index (χ3v) is 7.31. The predicted molar refractivity (Wildman–Crippen MR) is 100.0 cm³/mol. The Morgan fingerprint density at radius 1 is 1.17 bits per heavy atom. The first-order chi connectivity index (χ1) is 11.4. The summed E-state index contributed by atoms with van der Waals surface area (Å²) in [6.45, 7) is 4.02. The quantitative estimate of drug-likeness (QED) is 0.903. The molecule has 24 heavy (non-hydrogen) atoms. The highest BCUT2D eigenvalue weighted by atomic mass is 32.2. The second-order valence-corrected chi connectivity index (χ2v) is 9.58. The summed E-state index contributed by atoms with van der Waals surface area (Å²) in [5.74, 6) is 0.595. The van der Waals surface area contributed by atoms with Gasteiger partial charge in [-0.15, -0.1) is 0 Å². The van der Waals surface area contributed by atoms with E-state index < -0.39 is 9.84 Å². The first-order valence-corrected chi connectivity index (χ1v) is 10.8. The lowest BCUT2D eigenvalue weighted by molar-refractivity contribution is 0.341. The van der Waals surface area contributed by atoms with Gasteiger partial charge in [0.25, 0.3) is 0 Å². The van der Waals surface area contributed by atoms with Crippen LogP contribution in [0.15, 0.2) is 24.3 Å². The van der Waals surface area contributed by atoms with Crippen LogP contribution in [0.5, 0.6) is 0 Å². The zero-order chi connectivity index (χ0) is 17.3. The number of hydrogen-bond acceptors (Lipinski definition) is 3. The van der Waals surface area contributed by atoms with Gasteiger partial charge in [-0.2, -0.15) is 0 Å². The molecule has 2 aromatic rings. The van der Waals surface area contributed by atoms with Crippen molar-refractivity contribution in [1.82, 2.24) is 9.88 Å². The van der Waals surface area contributed by atoms with Crippen LogP contribution in [0, 0.1) is 12.8 Å². The summed E-state index contributed by atoms with van der Waals surface area (Å²) in [6.07, 6.45) is 5.03. The molecule has 1 saturated carbocycles. The third-order valence-electron chi connectivity index (χ3n) is 5.63. The average Bonchev–Trinajstić information content (AvgIpc) is 2.80. The highest BCUT2D eigenvalue weighted by Gasteiger charge is 2.27. The number of benzene rings is 1. The van der Waals surface area contributed by atoms with Crippen LogP contribution < -0.4 is 5.32 Å². The Bertz CT molecular complexity index is 776. The van der Waals surface area contributed by atoms with E-state index in [2.05, 4.69) is 48.1 Å². The first kappa shape index (κ1) is 17.5. The minimum Gasteiger partial charge on any atom is -0.346 e. The number of nitrogens with one attached hydrogen (secondary N) is 1. The van der Waals surface area contributed by atoms with Crippen molar-refractivity contribution < 1.29 is 8.42 Å². The molecular weight excluding hydrogens is 320 g/mol. The number of aromatic nitrogens is 1.